The number of amides is 1. The fraction of sp³-hybridized carbons (Fsp3) is 0.333. The quantitative estimate of drug-likeness (QED) is 0.906. The zero-order valence-corrected chi connectivity index (χ0v) is 14.8. The van der Waals surface area contributed by atoms with Crippen LogP contribution in [0.15, 0.2) is 36.7 Å². The number of hydrogen-bond acceptors (Lipinski definition) is 4. The van der Waals surface area contributed by atoms with Crippen LogP contribution in [0, 0.1) is 5.82 Å². The van der Waals surface area contributed by atoms with Gasteiger partial charge in [0.05, 0.1) is 22.5 Å². The number of carbonyl (C=O) groups excluding carboxylic acids is 1. The molecule has 2 heterocycles. The maximum Gasteiger partial charge on any atom is 0.257 e. The number of carbonyl (C=O) groups is 1. The molecule has 5 nitrogen and oxygen atoms in total. The van der Waals surface area contributed by atoms with E-state index in [1.54, 1.807) is 6.20 Å². The predicted molar refractivity (Wildman–Crippen MR) is 97.9 cm³/mol. The van der Waals surface area contributed by atoms with E-state index in [1.165, 1.54) is 24.4 Å². The van der Waals surface area contributed by atoms with Crippen molar-refractivity contribution < 1.29 is 9.18 Å². The fourth-order valence-electron chi connectivity index (χ4n) is 2.82. The van der Waals surface area contributed by atoms with E-state index < -0.39 is 5.82 Å². The highest BCUT2D eigenvalue weighted by molar-refractivity contribution is 6.31. The first-order valence-corrected chi connectivity index (χ1v) is 8.63. The van der Waals surface area contributed by atoms with Gasteiger partial charge < -0.3 is 15.1 Å². The van der Waals surface area contributed by atoms with Gasteiger partial charge in [-0.25, -0.2) is 4.39 Å². The number of benzene rings is 1. The largest absolute Gasteiger partial charge is 0.368 e. The number of nitrogens with zero attached hydrogens (tertiary/aromatic N) is 3. The minimum atomic E-state index is -0.519. The van der Waals surface area contributed by atoms with Gasteiger partial charge in [0, 0.05) is 38.1 Å². The van der Waals surface area contributed by atoms with Gasteiger partial charge in [-0.3, -0.25) is 9.78 Å². The molecule has 1 amide bonds. The molecule has 3 rings (SSSR count). The highest BCUT2D eigenvalue weighted by Gasteiger charge is 2.17. The second-order valence-corrected chi connectivity index (χ2v) is 6.34. The summed E-state index contributed by atoms with van der Waals surface area (Å²) in [6.45, 7) is 7.03. The van der Waals surface area contributed by atoms with Crippen molar-refractivity contribution in [1.82, 2.24) is 9.88 Å². The summed E-state index contributed by atoms with van der Waals surface area (Å²) >= 11 is 5.74. The van der Waals surface area contributed by atoms with E-state index in [-0.39, 0.29) is 10.9 Å². The number of rotatable bonds is 4. The zero-order chi connectivity index (χ0) is 17.8. The number of pyridine rings is 1. The van der Waals surface area contributed by atoms with Crippen LogP contribution in [0.5, 0.6) is 0 Å². The van der Waals surface area contributed by atoms with Gasteiger partial charge in [-0.15, -0.1) is 0 Å². The average Bonchev–Trinajstić information content (AvgIpc) is 2.65. The van der Waals surface area contributed by atoms with Crippen molar-refractivity contribution in [2.45, 2.75) is 6.92 Å². The van der Waals surface area contributed by atoms with E-state index in [1.807, 2.05) is 6.07 Å². The highest BCUT2D eigenvalue weighted by atomic mass is 35.5. The van der Waals surface area contributed by atoms with Crippen LogP contribution in [0.25, 0.3) is 0 Å². The summed E-state index contributed by atoms with van der Waals surface area (Å²) in [4.78, 5) is 21.2. The predicted octanol–water partition coefficient (Wildman–Crippen LogP) is 3.27. The fourth-order valence-corrected chi connectivity index (χ4v) is 3.00. The molecule has 0 unspecified atom stereocenters. The zero-order valence-electron chi connectivity index (χ0n) is 14.0. The Morgan fingerprint density at radius 3 is 2.68 bits per heavy atom. The second kappa shape index (κ2) is 7.80. The Hall–Kier alpha value is -2.18. The SMILES string of the molecule is CCN1CCN(c2cncc(C(=O)Nc3ccc(F)c(Cl)c3)c2)CC1. The summed E-state index contributed by atoms with van der Waals surface area (Å²) in [6.07, 6.45) is 3.29. The summed E-state index contributed by atoms with van der Waals surface area (Å²) in [6, 6.07) is 5.91. The normalized spacial score (nSPS) is 15.2. The molecule has 0 radical (unpaired) electrons. The molecular formula is C18H20ClFN4O. The molecule has 0 spiro atoms. The Morgan fingerprint density at radius 1 is 1.24 bits per heavy atom. The van der Waals surface area contributed by atoms with Gasteiger partial charge in [0.2, 0.25) is 0 Å². The average molecular weight is 363 g/mol. The minimum absolute atomic E-state index is 0.0292. The van der Waals surface area contributed by atoms with Crippen molar-refractivity contribution in [3.63, 3.8) is 0 Å². The van der Waals surface area contributed by atoms with E-state index in [4.69, 9.17) is 11.6 Å². The number of likely N-dealkylation sites (N-methyl/N-ethyl adjacent to an activating group) is 1. The molecular weight excluding hydrogens is 343 g/mol. The first kappa shape index (κ1) is 17.6. The van der Waals surface area contributed by atoms with E-state index >= 15 is 0 Å². The Morgan fingerprint density at radius 2 is 2.00 bits per heavy atom. The topological polar surface area (TPSA) is 48.5 Å². The van der Waals surface area contributed by atoms with Crippen molar-refractivity contribution in [2.75, 3.05) is 42.9 Å². The van der Waals surface area contributed by atoms with Gasteiger partial charge in [-0.05, 0) is 30.8 Å². The first-order chi connectivity index (χ1) is 12.1. The van der Waals surface area contributed by atoms with E-state index in [0.29, 0.717) is 11.3 Å². The monoisotopic (exact) mass is 362 g/mol. The van der Waals surface area contributed by atoms with E-state index in [9.17, 15) is 9.18 Å². The second-order valence-electron chi connectivity index (χ2n) is 5.94. The maximum atomic E-state index is 13.2. The Labute approximate surface area is 151 Å². The smallest absolute Gasteiger partial charge is 0.257 e. The third-order valence-corrected chi connectivity index (χ3v) is 4.64. The first-order valence-electron chi connectivity index (χ1n) is 8.25. The van der Waals surface area contributed by atoms with Crippen LogP contribution in [0.4, 0.5) is 15.8 Å². The molecule has 132 valence electrons. The molecule has 1 fully saturated rings. The van der Waals surface area contributed by atoms with E-state index in [0.717, 1.165) is 38.4 Å². The number of nitrogens with one attached hydrogen (secondary N) is 1. The molecule has 1 aromatic heterocycles. The lowest BCUT2D eigenvalue weighted by atomic mass is 10.2. The summed E-state index contributed by atoms with van der Waals surface area (Å²) in [7, 11) is 0. The standard InChI is InChI=1S/C18H20ClFN4O/c1-2-23-5-7-24(8-6-23)15-9-13(11-21-12-15)18(25)22-14-3-4-17(20)16(19)10-14/h3-4,9-12H,2,5-8H2,1H3,(H,22,25). The van der Waals surface area contributed by atoms with Gasteiger partial charge in [0.25, 0.3) is 5.91 Å². The third-order valence-electron chi connectivity index (χ3n) is 4.35. The molecule has 1 aliphatic heterocycles. The van der Waals surface area contributed by atoms with Crippen molar-refractivity contribution in [3.8, 4) is 0 Å². The highest BCUT2D eigenvalue weighted by Crippen LogP contribution is 2.21. The number of anilines is 2. The van der Waals surface area contributed by atoms with Crippen LogP contribution in [0.3, 0.4) is 0 Å². The van der Waals surface area contributed by atoms with Gasteiger partial charge in [0.1, 0.15) is 5.82 Å². The van der Waals surface area contributed by atoms with Crippen LogP contribution in [-0.2, 0) is 0 Å². The molecule has 25 heavy (non-hydrogen) atoms. The van der Waals surface area contributed by atoms with Crippen molar-refractivity contribution in [3.05, 3.63) is 53.1 Å². The number of piperazine rings is 1. The Balaban J connectivity index is 1.70. The van der Waals surface area contributed by atoms with Crippen LogP contribution < -0.4 is 10.2 Å². The molecule has 0 saturated carbocycles. The molecule has 0 bridgehead atoms. The van der Waals surface area contributed by atoms with E-state index in [2.05, 4.69) is 27.0 Å². The number of aromatic nitrogens is 1. The lowest BCUT2D eigenvalue weighted by Crippen LogP contribution is -2.46. The molecule has 1 saturated heterocycles. The van der Waals surface area contributed by atoms with Gasteiger partial charge >= 0.3 is 0 Å². The molecule has 0 aliphatic carbocycles. The Bertz CT molecular complexity index is 762. The van der Waals surface area contributed by atoms with Crippen molar-refractivity contribution in [1.29, 1.82) is 0 Å². The lowest BCUT2D eigenvalue weighted by molar-refractivity contribution is 0.102. The molecule has 1 N–H and O–H groups in total. The van der Waals surface area contributed by atoms with Crippen LogP contribution in [0.1, 0.15) is 17.3 Å². The summed E-state index contributed by atoms with van der Waals surface area (Å²) in [5.74, 6) is -0.821. The molecule has 1 aliphatic rings. The van der Waals surface area contributed by atoms with Crippen LogP contribution in [-0.4, -0.2) is 48.5 Å². The minimum Gasteiger partial charge on any atom is -0.368 e. The van der Waals surface area contributed by atoms with Gasteiger partial charge in [-0.1, -0.05) is 18.5 Å². The Kier molecular flexibility index (Phi) is 5.50. The summed E-state index contributed by atoms with van der Waals surface area (Å²) < 4.78 is 13.2. The maximum absolute atomic E-state index is 13.2. The molecule has 7 heteroatoms. The number of halogens is 2. The van der Waals surface area contributed by atoms with Gasteiger partial charge in [0.15, 0.2) is 0 Å². The molecule has 2 aromatic rings. The summed E-state index contributed by atoms with van der Waals surface area (Å²) in [5, 5.41) is 2.69. The lowest BCUT2D eigenvalue weighted by Gasteiger charge is -2.35. The van der Waals surface area contributed by atoms with Gasteiger partial charge in [-0.2, -0.15) is 0 Å². The van der Waals surface area contributed by atoms with Crippen molar-refractivity contribution in [2.24, 2.45) is 0 Å². The third kappa shape index (κ3) is 4.27. The summed E-state index contributed by atoms with van der Waals surface area (Å²) in [5.41, 5.74) is 1.83. The van der Waals surface area contributed by atoms with Crippen LogP contribution in [0.2, 0.25) is 5.02 Å². The van der Waals surface area contributed by atoms with Crippen molar-refractivity contribution >= 4 is 28.9 Å². The number of hydrogen-bond donors (Lipinski definition) is 1. The molecule has 1 aromatic carbocycles. The molecule has 0 atom stereocenters. The van der Waals surface area contributed by atoms with Crippen LogP contribution >= 0.6 is 11.6 Å².